The molecule has 5 heterocycles. The molecule has 1 aliphatic rings. The van der Waals surface area contributed by atoms with Crippen LogP contribution in [0.3, 0.4) is 0 Å². The molecule has 5 aromatic rings. The zero-order valence-electron chi connectivity index (χ0n) is 22.3. The highest BCUT2D eigenvalue weighted by atomic mass is 16.5. The second-order valence-corrected chi connectivity index (χ2v) is 10.0. The quantitative estimate of drug-likeness (QED) is 0.321. The lowest BCUT2D eigenvalue weighted by Crippen LogP contribution is -2.42. The van der Waals surface area contributed by atoms with Gasteiger partial charge in [-0.25, -0.2) is 14.3 Å². The normalized spacial score (nSPS) is 18.0. The molecule has 1 saturated heterocycles. The van der Waals surface area contributed by atoms with Crippen molar-refractivity contribution in [3.05, 3.63) is 71.8 Å². The Kier molecular flexibility index (Phi) is 6.35. The van der Waals surface area contributed by atoms with Crippen molar-refractivity contribution in [2.75, 3.05) is 18.9 Å². The highest BCUT2D eigenvalue weighted by Crippen LogP contribution is 2.24. The molecule has 11 heteroatoms. The van der Waals surface area contributed by atoms with Crippen LogP contribution in [0.2, 0.25) is 0 Å². The first kappa shape index (κ1) is 24.8. The number of rotatable bonds is 7. The van der Waals surface area contributed by atoms with Crippen LogP contribution in [-0.2, 0) is 13.6 Å². The summed E-state index contributed by atoms with van der Waals surface area (Å²) < 4.78 is 11.4. The average molecular weight is 526 g/mol. The molecule has 0 amide bonds. The summed E-state index contributed by atoms with van der Waals surface area (Å²) in [5, 5.41) is 8.95. The minimum absolute atomic E-state index is 0.0889. The third kappa shape index (κ3) is 4.65. The number of hydrogen-bond acceptors (Lipinski definition) is 8. The maximum Gasteiger partial charge on any atom is 0.278 e. The van der Waals surface area contributed by atoms with Crippen LogP contribution >= 0.6 is 0 Å². The van der Waals surface area contributed by atoms with Gasteiger partial charge in [-0.05, 0) is 51.1 Å². The van der Waals surface area contributed by atoms with Crippen molar-refractivity contribution in [2.45, 2.75) is 38.5 Å². The Bertz CT molecular complexity index is 1730. The Hall–Kier alpha value is -4.51. The van der Waals surface area contributed by atoms with Crippen molar-refractivity contribution < 1.29 is 4.74 Å². The van der Waals surface area contributed by atoms with Crippen LogP contribution in [0.4, 0.5) is 11.6 Å². The standard InChI is InChI=1S/C28H31N9O2/c1-5-12-36-27(38)22-17-29-28(31-20-9-10-23-19(15-20)16-30-35(23)4)33-26(22)37(36)24-7-6-8-25(32-24)39-21-11-13-34(3)18(2)14-21/h5-10,15-18,21H,1,11-14H2,2-4H3,(H,29,31,33)/t18-,21-/m1/s1. The molecule has 4 aromatic heterocycles. The summed E-state index contributed by atoms with van der Waals surface area (Å²) in [7, 11) is 4.04. The Labute approximate surface area is 225 Å². The van der Waals surface area contributed by atoms with Crippen molar-refractivity contribution in [3.8, 4) is 11.7 Å². The summed E-state index contributed by atoms with van der Waals surface area (Å²) in [5.74, 6) is 1.41. The van der Waals surface area contributed by atoms with Crippen molar-refractivity contribution in [3.63, 3.8) is 0 Å². The SMILES string of the molecule is C=CCn1c(=O)c2cnc(Nc3ccc4c(cnn4C)c3)nc2n1-c1cccc(O[C@@H]2CCN(C)[C@H](C)C2)n1. The Balaban J connectivity index is 1.37. The minimum atomic E-state index is -0.217. The smallest absolute Gasteiger partial charge is 0.278 e. The monoisotopic (exact) mass is 525 g/mol. The minimum Gasteiger partial charge on any atom is -0.474 e. The molecule has 1 aromatic carbocycles. The molecule has 0 unspecified atom stereocenters. The highest BCUT2D eigenvalue weighted by Gasteiger charge is 2.25. The summed E-state index contributed by atoms with van der Waals surface area (Å²) >= 11 is 0. The number of nitrogens with zero attached hydrogens (tertiary/aromatic N) is 8. The zero-order valence-corrected chi connectivity index (χ0v) is 22.3. The summed E-state index contributed by atoms with van der Waals surface area (Å²) in [6.07, 6.45) is 6.99. The molecule has 1 N–H and O–H groups in total. The Morgan fingerprint density at radius 2 is 2.05 bits per heavy atom. The summed E-state index contributed by atoms with van der Waals surface area (Å²) in [4.78, 5) is 29.6. The van der Waals surface area contributed by atoms with E-state index in [2.05, 4.69) is 40.8 Å². The number of aromatic nitrogens is 7. The Morgan fingerprint density at radius 3 is 2.87 bits per heavy atom. The lowest BCUT2D eigenvalue weighted by molar-refractivity contribution is 0.0759. The van der Waals surface area contributed by atoms with Gasteiger partial charge in [-0.1, -0.05) is 12.1 Å². The molecule has 0 aliphatic carbocycles. The van der Waals surface area contributed by atoms with E-state index in [0.717, 1.165) is 36.0 Å². The van der Waals surface area contributed by atoms with Gasteiger partial charge >= 0.3 is 0 Å². The third-order valence-electron chi connectivity index (χ3n) is 7.35. The summed E-state index contributed by atoms with van der Waals surface area (Å²) in [6.45, 7) is 7.31. The maximum absolute atomic E-state index is 13.3. The molecule has 0 spiro atoms. The molecule has 6 rings (SSSR count). The number of fused-ring (bicyclic) bond motifs is 2. The predicted molar refractivity (Wildman–Crippen MR) is 151 cm³/mol. The number of ether oxygens (including phenoxy) is 1. The number of nitrogens with one attached hydrogen (secondary N) is 1. The molecule has 2 atom stereocenters. The van der Waals surface area contributed by atoms with Crippen LogP contribution in [0, 0.1) is 0 Å². The Morgan fingerprint density at radius 1 is 1.18 bits per heavy atom. The number of piperidine rings is 1. The molecular weight excluding hydrogens is 494 g/mol. The number of anilines is 2. The first-order valence-corrected chi connectivity index (χ1v) is 13.0. The van der Waals surface area contributed by atoms with Crippen LogP contribution in [-0.4, -0.2) is 64.7 Å². The molecule has 0 bridgehead atoms. The van der Waals surface area contributed by atoms with E-state index in [0.29, 0.717) is 34.7 Å². The predicted octanol–water partition coefficient (Wildman–Crippen LogP) is 3.66. The number of likely N-dealkylation sites (tertiary alicyclic amines) is 1. The molecule has 0 radical (unpaired) electrons. The molecule has 1 aliphatic heterocycles. The van der Waals surface area contributed by atoms with Gasteiger partial charge in [0.15, 0.2) is 11.5 Å². The summed E-state index contributed by atoms with van der Waals surface area (Å²) in [5.41, 5.74) is 2.06. The van der Waals surface area contributed by atoms with E-state index in [1.54, 1.807) is 21.6 Å². The second-order valence-electron chi connectivity index (χ2n) is 10.0. The van der Waals surface area contributed by atoms with Crippen LogP contribution in [0.5, 0.6) is 5.88 Å². The number of hydrogen-bond donors (Lipinski definition) is 1. The van der Waals surface area contributed by atoms with Crippen LogP contribution in [0.15, 0.2) is 66.2 Å². The molecule has 1 fully saturated rings. The van der Waals surface area contributed by atoms with E-state index in [1.165, 1.54) is 0 Å². The van der Waals surface area contributed by atoms with Gasteiger partial charge in [-0.3, -0.25) is 9.48 Å². The van der Waals surface area contributed by atoms with Gasteiger partial charge in [0.05, 0.1) is 18.3 Å². The van der Waals surface area contributed by atoms with Gasteiger partial charge < -0.3 is 15.0 Å². The second kappa shape index (κ2) is 9.99. The number of pyridine rings is 1. The van der Waals surface area contributed by atoms with Crippen molar-refractivity contribution in [1.29, 1.82) is 0 Å². The van der Waals surface area contributed by atoms with Gasteiger partial charge in [0.25, 0.3) is 5.56 Å². The number of aryl methyl sites for hydroxylation is 1. The van der Waals surface area contributed by atoms with E-state index in [4.69, 9.17) is 14.7 Å². The molecule has 0 saturated carbocycles. The van der Waals surface area contributed by atoms with Gasteiger partial charge in [0, 0.05) is 43.0 Å². The fraction of sp³-hybridized carbons (Fsp3) is 0.321. The van der Waals surface area contributed by atoms with Gasteiger partial charge in [0.1, 0.15) is 11.5 Å². The van der Waals surface area contributed by atoms with Gasteiger partial charge in [0.2, 0.25) is 11.8 Å². The maximum atomic E-state index is 13.3. The third-order valence-corrected chi connectivity index (χ3v) is 7.35. The van der Waals surface area contributed by atoms with Crippen LogP contribution < -0.4 is 15.6 Å². The number of benzene rings is 1. The topological polar surface area (TPSA) is 108 Å². The van der Waals surface area contributed by atoms with Gasteiger partial charge in [-0.15, -0.1) is 6.58 Å². The van der Waals surface area contributed by atoms with E-state index < -0.39 is 0 Å². The average Bonchev–Trinajstić information content (AvgIpc) is 3.43. The van der Waals surface area contributed by atoms with E-state index in [1.807, 2.05) is 54.3 Å². The van der Waals surface area contributed by atoms with E-state index >= 15 is 0 Å². The lowest BCUT2D eigenvalue weighted by atomic mass is 10.0. The largest absolute Gasteiger partial charge is 0.474 e. The van der Waals surface area contributed by atoms with E-state index in [9.17, 15) is 4.79 Å². The first-order chi connectivity index (χ1) is 18.9. The molecule has 200 valence electrons. The van der Waals surface area contributed by atoms with Crippen molar-refractivity contribution in [2.24, 2.45) is 7.05 Å². The fourth-order valence-electron chi connectivity index (χ4n) is 5.09. The fourth-order valence-corrected chi connectivity index (χ4v) is 5.09. The zero-order chi connectivity index (χ0) is 27.1. The van der Waals surface area contributed by atoms with Crippen LogP contribution in [0.25, 0.3) is 27.8 Å². The van der Waals surface area contributed by atoms with Crippen LogP contribution in [0.1, 0.15) is 19.8 Å². The van der Waals surface area contributed by atoms with Crippen molar-refractivity contribution in [1.82, 2.24) is 39.0 Å². The molecular formula is C28H31N9O2. The van der Waals surface area contributed by atoms with Crippen molar-refractivity contribution >= 4 is 33.6 Å². The van der Waals surface area contributed by atoms with E-state index in [-0.39, 0.29) is 18.2 Å². The molecule has 39 heavy (non-hydrogen) atoms. The number of allylic oxidation sites excluding steroid dienone is 1. The molecule has 11 nitrogen and oxygen atoms in total. The summed E-state index contributed by atoms with van der Waals surface area (Å²) in [6, 6.07) is 11.9. The lowest BCUT2D eigenvalue weighted by Gasteiger charge is -2.34. The first-order valence-electron chi connectivity index (χ1n) is 13.0. The van der Waals surface area contributed by atoms with Gasteiger partial charge in [-0.2, -0.15) is 15.1 Å². The highest BCUT2D eigenvalue weighted by molar-refractivity contribution is 5.83.